The molecule has 0 atom stereocenters. The topological polar surface area (TPSA) is 32.9 Å². The quantitative estimate of drug-likeness (QED) is 0.656. The van der Waals surface area contributed by atoms with Gasteiger partial charge in [0.05, 0.1) is 12.1 Å². The zero-order chi connectivity index (χ0) is 14.2. The summed E-state index contributed by atoms with van der Waals surface area (Å²) in [6, 6.07) is 5.40. The van der Waals surface area contributed by atoms with E-state index in [1.165, 1.54) is 13.8 Å². The minimum atomic E-state index is -1.46. The minimum Gasteiger partial charge on any atom is -0.352 e. The maximum Gasteiger partial charge on any atom is 0.190 e. The second kappa shape index (κ2) is 4.55. The summed E-state index contributed by atoms with van der Waals surface area (Å²) in [5, 5.41) is 0.743. The molecule has 0 saturated heterocycles. The number of H-pyrrole nitrogens is 1. The lowest BCUT2D eigenvalue weighted by Crippen LogP contribution is -2.11. The molecule has 1 aromatic carbocycles. The van der Waals surface area contributed by atoms with Gasteiger partial charge in [0.1, 0.15) is 5.67 Å². The first kappa shape index (κ1) is 13.4. The molecule has 2 rings (SSSR count). The largest absolute Gasteiger partial charge is 0.352 e. The first-order valence-corrected chi connectivity index (χ1v) is 6.13. The van der Waals surface area contributed by atoms with Crippen molar-refractivity contribution in [1.82, 2.24) is 4.98 Å². The molecular formula is C16H16FNO. The maximum absolute atomic E-state index is 14.3. The molecule has 0 aliphatic heterocycles. The van der Waals surface area contributed by atoms with Gasteiger partial charge in [-0.2, -0.15) is 0 Å². The predicted molar refractivity (Wildman–Crippen MR) is 75.0 cm³/mol. The molecule has 0 aliphatic rings. The highest BCUT2D eigenvalue weighted by molar-refractivity contribution is 6.01. The summed E-state index contributed by atoms with van der Waals surface area (Å²) < 4.78 is 14.3. The molecule has 1 aromatic heterocycles. The molecule has 0 spiro atoms. The number of benzene rings is 1. The number of rotatable bonds is 3. The Morgan fingerprint density at radius 3 is 2.74 bits per heavy atom. The second-order valence-corrected chi connectivity index (χ2v) is 5.18. The predicted octanol–water partition coefficient (Wildman–Crippen LogP) is 3.89. The second-order valence-electron chi connectivity index (χ2n) is 5.18. The van der Waals surface area contributed by atoms with Crippen LogP contribution in [-0.2, 0) is 5.67 Å². The highest BCUT2D eigenvalue weighted by Gasteiger charge is 2.25. The van der Waals surface area contributed by atoms with Crippen molar-refractivity contribution in [1.29, 1.82) is 0 Å². The average molecular weight is 257 g/mol. The van der Waals surface area contributed by atoms with Crippen molar-refractivity contribution < 1.29 is 9.18 Å². The number of Topliss-reactive ketones (excluding diaryl/α,β-unsaturated/α-hetero) is 1. The van der Waals surface area contributed by atoms with Crippen molar-refractivity contribution >= 4 is 16.7 Å². The smallest absolute Gasteiger partial charge is 0.190 e. The van der Waals surface area contributed by atoms with Crippen molar-refractivity contribution in [3.63, 3.8) is 0 Å². The highest BCUT2D eigenvalue weighted by atomic mass is 19.1. The summed E-state index contributed by atoms with van der Waals surface area (Å²) in [7, 11) is 0. The first-order valence-electron chi connectivity index (χ1n) is 6.13. The van der Waals surface area contributed by atoms with Crippen LogP contribution in [0.1, 0.15) is 41.9 Å². The molecule has 1 heterocycles. The molecule has 0 radical (unpaired) electrons. The van der Waals surface area contributed by atoms with Gasteiger partial charge in [0.2, 0.25) is 0 Å². The third-order valence-corrected chi connectivity index (χ3v) is 3.17. The summed E-state index contributed by atoms with van der Waals surface area (Å²) in [5.41, 5.74) is 1.21. The van der Waals surface area contributed by atoms with E-state index in [-0.39, 0.29) is 12.2 Å². The molecule has 19 heavy (non-hydrogen) atoms. The van der Waals surface area contributed by atoms with Gasteiger partial charge in [-0.15, -0.1) is 6.42 Å². The number of nitrogens with one attached hydrogen (secondary N) is 1. The fourth-order valence-corrected chi connectivity index (χ4v) is 2.44. The van der Waals surface area contributed by atoms with E-state index >= 15 is 0 Å². The fraction of sp³-hybridized carbons (Fsp3) is 0.312. The number of hydrogen-bond acceptors (Lipinski definition) is 1. The van der Waals surface area contributed by atoms with Gasteiger partial charge in [-0.3, -0.25) is 4.79 Å². The van der Waals surface area contributed by atoms with Crippen LogP contribution in [0.2, 0.25) is 0 Å². The van der Waals surface area contributed by atoms with Crippen LogP contribution in [-0.4, -0.2) is 10.8 Å². The third-order valence-electron chi connectivity index (χ3n) is 3.17. The van der Waals surface area contributed by atoms with Crippen LogP contribution in [0.15, 0.2) is 18.2 Å². The molecule has 0 amide bonds. The van der Waals surface area contributed by atoms with Crippen molar-refractivity contribution in [3.05, 3.63) is 35.0 Å². The lowest BCUT2D eigenvalue weighted by Gasteiger charge is -2.18. The lowest BCUT2D eigenvalue weighted by molar-refractivity contribution is 0.0994. The van der Waals surface area contributed by atoms with Crippen LogP contribution >= 0.6 is 0 Å². The van der Waals surface area contributed by atoms with Gasteiger partial charge in [0, 0.05) is 16.5 Å². The number of hydrogen-bond donors (Lipinski definition) is 1. The van der Waals surface area contributed by atoms with Crippen molar-refractivity contribution in [2.45, 2.75) is 32.9 Å². The number of fused-ring (bicyclic) bond motifs is 1. The van der Waals surface area contributed by atoms with Gasteiger partial charge in [-0.05, 0) is 38.5 Å². The zero-order valence-corrected chi connectivity index (χ0v) is 11.3. The van der Waals surface area contributed by atoms with Crippen LogP contribution in [0.25, 0.3) is 10.9 Å². The van der Waals surface area contributed by atoms with Crippen LogP contribution in [0.4, 0.5) is 4.39 Å². The summed E-state index contributed by atoms with van der Waals surface area (Å²) in [6.07, 6.45) is 5.18. The van der Waals surface area contributed by atoms with E-state index in [1.807, 2.05) is 19.1 Å². The Labute approximate surface area is 112 Å². The number of alkyl halides is 1. The Kier molecular flexibility index (Phi) is 3.20. The Bertz CT molecular complexity index is 683. The van der Waals surface area contributed by atoms with Crippen LogP contribution in [0, 0.1) is 19.3 Å². The Hall–Kier alpha value is -2.08. The zero-order valence-electron chi connectivity index (χ0n) is 11.3. The van der Waals surface area contributed by atoms with Crippen molar-refractivity contribution in [3.8, 4) is 12.3 Å². The number of aryl methyl sites for hydroxylation is 1. The van der Waals surface area contributed by atoms with E-state index < -0.39 is 5.67 Å². The van der Waals surface area contributed by atoms with Crippen LogP contribution in [0.3, 0.4) is 0 Å². The molecule has 0 fully saturated rings. The van der Waals surface area contributed by atoms with Gasteiger partial charge >= 0.3 is 0 Å². The summed E-state index contributed by atoms with van der Waals surface area (Å²) >= 11 is 0. The SMILES string of the molecule is C#CCC(=O)c1cc2c(C(C)(C)F)c(C)ccc2[nH]1. The molecule has 0 aliphatic carbocycles. The normalized spacial score (nSPS) is 11.5. The molecule has 0 bridgehead atoms. The van der Waals surface area contributed by atoms with E-state index in [0.717, 1.165) is 16.5 Å². The number of ketones is 1. The Morgan fingerprint density at radius 2 is 2.16 bits per heavy atom. The van der Waals surface area contributed by atoms with Crippen LogP contribution in [0.5, 0.6) is 0 Å². The molecule has 0 unspecified atom stereocenters. The molecule has 98 valence electrons. The van der Waals surface area contributed by atoms with Gasteiger partial charge in [-0.1, -0.05) is 12.0 Å². The molecule has 3 heteroatoms. The number of terminal acetylenes is 1. The monoisotopic (exact) mass is 257 g/mol. The van der Waals surface area contributed by atoms with Gasteiger partial charge in [-0.25, -0.2) is 4.39 Å². The Morgan fingerprint density at radius 1 is 1.47 bits per heavy atom. The van der Waals surface area contributed by atoms with Crippen LogP contribution < -0.4 is 0 Å². The van der Waals surface area contributed by atoms with Crippen molar-refractivity contribution in [2.75, 3.05) is 0 Å². The molecule has 2 nitrogen and oxygen atoms in total. The number of carbonyl (C=O) groups excluding carboxylic acids is 1. The third kappa shape index (κ3) is 2.39. The van der Waals surface area contributed by atoms with E-state index in [9.17, 15) is 9.18 Å². The summed E-state index contributed by atoms with van der Waals surface area (Å²) in [5.74, 6) is 2.17. The fourth-order valence-electron chi connectivity index (χ4n) is 2.44. The van der Waals surface area contributed by atoms with Gasteiger partial charge in [0.25, 0.3) is 0 Å². The summed E-state index contributed by atoms with van der Waals surface area (Å²) in [4.78, 5) is 14.8. The minimum absolute atomic E-state index is 0.0418. The number of halogens is 1. The summed E-state index contributed by atoms with van der Waals surface area (Å²) in [6.45, 7) is 4.90. The molecule has 2 aromatic rings. The van der Waals surface area contributed by atoms with E-state index in [4.69, 9.17) is 6.42 Å². The van der Waals surface area contributed by atoms with Crippen molar-refractivity contribution in [2.24, 2.45) is 0 Å². The first-order chi connectivity index (χ1) is 8.84. The molecular weight excluding hydrogens is 241 g/mol. The maximum atomic E-state index is 14.3. The number of aromatic nitrogens is 1. The van der Waals surface area contributed by atoms with E-state index in [0.29, 0.717) is 11.3 Å². The van der Waals surface area contributed by atoms with Gasteiger partial charge < -0.3 is 4.98 Å². The highest BCUT2D eigenvalue weighted by Crippen LogP contribution is 2.34. The Balaban J connectivity index is 2.67. The van der Waals surface area contributed by atoms with E-state index in [2.05, 4.69) is 10.9 Å². The average Bonchev–Trinajstić information content (AvgIpc) is 2.70. The van der Waals surface area contributed by atoms with Gasteiger partial charge in [0.15, 0.2) is 5.78 Å². The number of aromatic amines is 1. The standard InChI is InChI=1S/C16H16FNO/c1-5-6-14(19)13-9-11-12(18-13)8-7-10(2)15(11)16(3,4)17/h1,7-9,18H,6H2,2-4H3. The number of carbonyl (C=O) groups is 1. The van der Waals surface area contributed by atoms with E-state index in [1.54, 1.807) is 6.07 Å². The molecule has 1 N–H and O–H groups in total. The molecule has 0 saturated carbocycles. The lowest BCUT2D eigenvalue weighted by atomic mass is 9.92.